The number of rotatable bonds is 9. The fraction of sp³-hybridized carbons (Fsp3) is 0.591. The molecule has 3 atom stereocenters. The van der Waals surface area contributed by atoms with Crippen LogP contribution < -0.4 is 9.47 Å². The van der Waals surface area contributed by atoms with E-state index in [1.807, 2.05) is 25.1 Å². The summed E-state index contributed by atoms with van der Waals surface area (Å²) in [5.41, 5.74) is 1.87. The van der Waals surface area contributed by atoms with E-state index >= 15 is 0 Å². The van der Waals surface area contributed by atoms with Gasteiger partial charge in [-0.3, -0.25) is 0 Å². The van der Waals surface area contributed by atoms with Gasteiger partial charge in [0.05, 0.1) is 13.7 Å². The van der Waals surface area contributed by atoms with Crippen LogP contribution in [0.3, 0.4) is 0 Å². The first kappa shape index (κ1) is 20.3. The molecule has 26 heavy (non-hydrogen) atoms. The molecule has 0 spiro atoms. The van der Waals surface area contributed by atoms with Gasteiger partial charge in [-0.15, -0.1) is 0 Å². The number of esters is 1. The number of unbranched alkanes of at least 4 members (excludes halogenated alkanes) is 1. The van der Waals surface area contributed by atoms with E-state index in [1.54, 1.807) is 7.11 Å². The first-order valence-corrected chi connectivity index (χ1v) is 9.76. The highest BCUT2D eigenvalue weighted by atomic mass is 16.6. The lowest BCUT2D eigenvalue weighted by Gasteiger charge is -2.36. The predicted octanol–water partition coefficient (Wildman–Crippen LogP) is 5.26. The lowest BCUT2D eigenvalue weighted by Crippen LogP contribution is -2.41. The summed E-state index contributed by atoms with van der Waals surface area (Å²) in [5, 5.41) is 0. The Morgan fingerprint density at radius 1 is 1.31 bits per heavy atom. The third-order valence-corrected chi connectivity index (χ3v) is 5.25. The van der Waals surface area contributed by atoms with Crippen LogP contribution in [0.15, 0.2) is 24.8 Å². The molecule has 0 bridgehead atoms. The van der Waals surface area contributed by atoms with Gasteiger partial charge in [-0.1, -0.05) is 58.2 Å². The summed E-state index contributed by atoms with van der Waals surface area (Å²) >= 11 is 0. The maximum atomic E-state index is 12.6. The zero-order valence-electron chi connectivity index (χ0n) is 16.5. The third kappa shape index (κ3) is 4.40. The van der Waals surface area contributed by atoms with E-state index in [9.17, 15) is 4.79 Å². The second kappa shape index (κ2) is 9.65. The van der Waals surface area contributed by atoms with Gasteiger partial charge < -0.3 is 14.2 Å². The summed E-state index contributed by atoms with van der Waals surface area (Å²) in [7, 11) is 1.60. The number of ether oxygens (including phenoxy) is 3. The molecule has 1 aromatic rings. The van der Waals surface area contributed by atoms with Crippen LogP contribution in [-0.4, -0.2) is 25.8 Å². The minimum atomic E-state index is -0.665. The number of fused-ring (bicyclic) bond motifs is 1. The van der Waals surface area contributed by atoms with Crippen molar-refractivity contribution in [2.75, 3.05) is 13.7 Å². The second-order valence-electron chi connectivity index (χ2n) is 6.91. The van der Waals surface area contributed by atoms with Gasteiger partial charge in [-0.25, -0.2) is 4.79 Å². The summed E-state index contributed by atoms with van der Waals surface area (Å²) < 4.78 is 16.9. The lowest BCUT2D eigenvalue weighted by molar-refractivity contribution is -0.153. The molecule has 1 heterocycles. The van der Waals surface area contributed by atoms with Gasteiger partial charge in [-0.05, 0) is 30.9 Å². The van der Waals surface area contributed by atoms with Crippen LogP contribution in [0.5, 0.6) is 11.5 Å². The number of hydrogen-bond donors (Lipinski definition) is 0. The van der Waals surface area contributed by atoms with E-state index in [4.69, 9.17) is 14.2 Å². The first-order chi connectivity index (χ1) is 12.6. The molecular formula is C22H32O4. The molecule has 0 saturated heterocycles. The van der Waals surface area contributed by atoms with E-state index < -0.39 is 6.10 Å². The minimum Gasteiger partial charge on any atom is -0.493 e. The molecule has 4 heteroatoms. The number of methoxy groups -OCH3 is 1. The van der Waals surface area contributed by atoms with Crippen molar-refractivity contribution in [2.24, 2.45) is 11.8 Å². The lowest BCUT2D eigenvalue weighted by atomic mass is 9.78. The molecular weight excluding hydrogens is 328 g/mol. The quantitative estimate of drug-likeness (QED) is 0.564. The van der Waals surface area contributed by atoms with Crippen LogP contribution in [0.2, 0.25) is 0 Å². The van der Waals surface area contributed by atoms with Gasteiger partial charge in [0.15, 0.2) is 11.5 Å². The summed E-state index contributed by atoms with van der Waals surface area (Å²) in [6, 6.07) is 5.76. The Hall–Kier alpha value is -1.97. The van der Waals surface area contributed by atoms with Crippen molar-refractivity contribution in [2.45, 2.75) is 59.0 Å². The molecule has 144 valence electrons. The average molecular weight is 360 g/mol. The second-order valence-corrected chi connectivity index (χ2v) is 6.91. The molecule has 4 nitrogen and oxygen atoms in total. The fourth-order valence-corrected chi connectivity index (χ4v) is 3.69. The highest BCUT2D eigenvalue weighted by Gasteiger charge is 2.40. The number of benzene rings is 1. The first-order valence-electron chi connectivity index (χ1n) is 9.76. The molecule has 2 rings (SSSR count). The molecule has 0 fully saturated rings. The summed E-state index contributed by atoms with van der Waals surface area (Å²) in [4.78, 5) is 12.6. The van der Waals surface area contributed by atoms with Crippen molar-refractivity contribution in [3.63, 3.8) is 0 Å². The van der Waals surface area contributed by atoms with Crippen LogP contribution in [0, 0.1) is 11.8 Å². The molecule has 0 saturated carbocycles. The average Bonchev–Trinajstić information content (AvgIpc) is 2.66. The van der Waals surface area contributed by atoms with Crippen molar-refractivity contribution >= 4 is 11.5 Å². The maximum absolute atomic E-state index is 12.6. The van der Waals surface area contributed by atoms with E-state index in [0.29, 0.717) is 24.0 Å². The SMILES string of the molecule is C=C1c2cccc(OC)c2O[C@H](C(=O)OCC)[C@@H]1CC(CC)CCCC. The molecule has 0 radical (unpaired) electrons. The van der Waals surface area contributed by atoms with Crippen molar-refractivity contribution in [3.05, 3.63) is 30.3 Å². The Bertz CT molecular complexity index is 623. The van der Waals surface area contributed by atoms with Crippen LogP contribution >= 0.6 is 0 Å². The molecule has 1 unspecified atom stereocenters. The fourth-order valence-electron chi connectivity index (χ4n) is 3.69. The third-order valence-electron chi connectivity index (χ3n) is 5.25. The molecule has 1 aromatic carbocycles. The summed E-state index contributed by atoms with van der Waals surface area (Å²) in [5.74, 6) is 1.37. The zero-order valence-corrected chi connectivity index (χ0v) is 16.5. The van der Waals surface area contributed by atoms with Crippen LogP contribution in [0.4, 0.5) is 0 Å². The molecule has 0 aliphatic carbocycles. The van der Waals surface area contributed by atoms with Gasteiger partial charge >= 0.3 is 5.97 Å². The maximum Gasteiger partial charge on any atom is 0.347 e. The molecule has 0 N–H and O–H groups in total. The highest BCUT2D eigenvalue weighted by molar-refractivity contribution is 5.84. The summed E-state index contributed by atoms with van der Waals surface area (Å²) in [6.07, 6.45) is 4.85. The zero-order chi connectivity index (χ0) is 19.1. The number of para-hydroxylation sites is 1. The number of hydrogen-bond acceptors (Lipinski definition) is 4. The van der Waals surface area contributed by atoms with Crippen LogP contribution in [0.1, 0.15) is 58.4 Å². The van der Waals surface area contributed by atoms with E-state index in [1.165, 1.54) is 12.8 Å². The van der Waals surface area contributed by atoms with Gasteiger partial charge in [0.25, 0.3) is 0 Å². The van der Waals surface area contributed by atoms with Gasteiger partial charge in [0.2, 0.25) is 6.10 Å². The van der Waals surface area contributed by atoms with Crippen molar-refractivity contribution in [1.29, 1.82) is 0 Å². The Kier molecular flexibility index (Phi) is 7.55. The van der Waals surface area contributed by atoms with E-state index in [2.05, 4.69) is 20.4 Å². The summed E-state index contributed by atoms with van der Waals surface area (Å²) in [6.45, 7) is 10.9. The van der Waals surface area contributed by atoms with Gasteiger partial charge in [-0.2, -0.15) is 0 Å². The van der Waals surface area contributed by atoms with Gasteiger partial charge in [0.1, 0.15) is 0 Å². The van der Waals surface area contributed by atoms with Crippen molar-refractivity contribution in [3.8, 4) is 11.5 Å². The van der Waals surface area contributed by atoms with Crippen molar-refractivity contribution in [1.82, 2.24) is 0 Å². The molecule has 1 aliphatic rings. The largest absolute Gasteiger partial charge is 0.493 e. The standard InChI is InChI=1S/C22H32O4/c1-6-9-11-16(7-2)14-18-15(4)17-12-10-13-19(24-5)20(17)26-21(18)22(23)25-8-3/h10,12-13,16,18,21H,4,6-9,11,14H2,1-3,5H3/t16?,18-,21+/m1/s1. The smallest absolute Gasteiger partial charge is 0.347 e. The topological polar surface area (TPSA) is 44.8 Å². The Morgan fingerprint density at radius 3 is 2.69 bits per heavy atom. The Labute approximate surface area is 157 Å². The normalized spacial score (nSPS) is 20.1. The monoisotopic (exact) mass is 360 g/mol. The van der Waals surface area contributed by atoms with Gasteiger partial charge in [0, 0.05) is 11.5 Å². The highest BCUT2D eigenvalue weighted by Crippen LogP contribution is 2.46. The Balaban J connectivity index is 2.35. The van der Waals surface area contributed by atoms with Crippen LogP contribution in [-0.2, 0) is 9.53 Å². The molecule has 1 aliphatic heterocycles. The Morgan fingerprint density at radius 2 is 2.08 bits per heavy atom. The van der Waals surface area contributed by atoms with E-state index in [0.717, 1.165) is 30.4 Å². The molecule has 0 amide bonds. The van der Waals surface area contributed by atoms with E-state index in [-0.39, 0.29) is 11.9 Å². The van der Waals surface area contributed by atoms with Crippen molar-refractivity contribution < 1.29 is 19.0 Å². The molecule has 0 aromatic heterocycles. The number of carbonyl (C=O) groups is 1. The number of carbonyl (C=O) groups excluding carboxylic acids is 1. The van der Waals surface area contributed by atoms with Crippen LogP contribution in [0.25, 0.3) is 5.57 Å². The minimum absolute atomic E-state index is 0.0736. The predicted molar refractivity (Wildman–Crippen MR) is 104 cm³/mol.